The lowest BCUT2D eigenvalue weighted by atomic mass is 9.95. The minimum Gasteiger partial charge on any atom is -0.507 e. The van der Waals surface area contributed by atoms with Crippen LogP contribution in [0, 0.1) is 12.8 Å². The van der Waals surface area contributed by atoms with Crippen molar-refractivity contribution in [2.24, 2.45) is 5.92 Å². The van der Waals surface area contributed by atoms with Gasteiger partial charge in [-0.2, -0.15) is 0 Å². The normalized spacial score (nSPS) is 16.4. The number of aliphatic hydroxyl groups excluding tert-OH is 1. The molecule has 1 fully saturated rings. The van der Waals surface area contributed by atoms with Crippen LogP contribution in [0.3, 0.4) is 0 Å². The average molecular weight is 587 g/mol. The van der Waals surface area contributed by atoms with E-state index in [1.54, 1.807) is 49.6 Å². The Morgan fingerprint density at radius 2 is 1.79 bits per heavy atom. The molecule has 42 heavy (non-hydrogen) atoms. The Morgan fingerprint density at radius 1 is 1.02 bits per heavy atom. The molecule has 1 aliphatic heterocycles. The third kappa shape index (κ3) is 5.69. The molecule has 1 saturated heterocycles. The van der Waals surface area contributed by atoms with Crippen LogP contribution in [0.1, 0.15) is 49.9 Å². The summed E-state index contributed by atoms with van der Waals surface area (Å²) < 4.78 is 18.1. The molecule has 1 amide bonds. The van der Waals surface area contributed by atoms with Crippen molar-refractivity contribution in [2.45, 2.75) is 40.2 Å². The smallest absolute Gasteiger partial charge is 0.301 e. The number of aliphatic hydroxyl groups is 1. The first-order valence-electron chi connectivity index (χ1n) is 13.9. The van der Waals surface area contributed by atoms with Gasteiger partial charge in [-0.1, -0.05) is 37.3 Å². The molecule has 4 aromatic rings. The number of carbonyl (C=O) groups is 2. The van der Waals surface area contributed by atoms with Crippen LogP contribution in [0.25, 0.3) is 16.0 Å². The van der Waals surface area contributed by atoms with Gasteiger partial charge in [0.05, 0.1) is 42.2 Å². The number of ketones is 1. The van der Waals surface area contributed by atoms with E-state index in [1.807, 2.05) is 32.0 Å². The summed E-state index contributed by atoms with van der Waals surface area (Å²) in [5.41, 5.74) is 2.71. The Balaban J connectivity index is 1.64. The molecule has 5 rings (SSSR count). The molecular formula is C33H34N2O6S. The first kappa shape index (κ1) is 29.1. The summed E-state index contributed by atoms with van der Waals surface area (Å²) in [4.78, 5) is 33.4. The highest BCUT2D eigenvalue weighted by molar-refractivity contribution is 7.22. The third-order valence-electron chi connectivity index (χ3n) is 7.08. The van der Waals surface area contributed by atoms with Gasteiger partial charge in [-0.3, -0.25) is 14.5 Å². The minimum absolute atomic E-state index is 0.0323. The fourth-order valence-corrected chi connectivity index (χ4v) is 5.97. The highest BCUT2D eigenvalue weighted by atomic mass is 32.1. The van der Waals surface area contributed by atoms with Gasteiger partial charge in [-0.05, 0) is 85.8 Å². The predicted octanol–water partition coefficient (Wildman–Crippen LogP) is 7.06. The minimum atomic E-state index is -0.947. The van der Waals surface area contributed by atoms with E-state index in [2.05, 4.69) is 13.8 Å². The summed E-state index contributed by atoms with van der Waals surface area (Å²) in [6, 6.07) is 17.0. The molecule has 9 heteroatoms. The number of nitrogens with zero attached hydrogens (tertiary/aromatic N) is 2. The summed E-state index contributed by atoms with van der Waals surface area (Å²) in [5, 5.41) is 11.9. The summed E-state index contributed by atoms with van der Waals surface area (Å²) in [6.07, 6.45) is 0.879. The molecular weight excluding hydrogens is 552 g/mol. The molecule has 3 aromatic carbocycles. The number of hydrogen-bond donors (Lipinski definition) is 1. The van der Waals surface area contributed by atoms with Crippen LogP contribution in [0.5, 0.6) is 17.2 Å². The summed E-state index contributed by atoms with van der Waals surface area (Å²) >= 11 is 1.32. The standard InChI is InChI=1S/C33H34N2O6S/c1-6-40-23-11-8-21(9-12-23)30(36)28-29(22-10-14-25(26(18-22)39-5)41-16-15-19(2)3)35(32(38)31(28)37)33-34-24-13-7-20(4)17-27(24)42-33/h7-14,17-19,29,36H,6,15-16H2,1-5H3/b30-28+. The maximum Gasteiger partial charge on any atom is 0.301 e. The van der Waals surface area contributed by atoms with E-state index in [9.17, 15) is 14.7 Å². The Kier molecular flexibility index (Phi) is 8.49. The Hall–Kier alpha value is -4.37. The maximum atomic E-state index is 13.7. The van der Waals surface area contributed by atoms with Gasteiger partial charge in [0.2, 0.25) is 0 Å². The molecule has 1 aromatic heterocycles. The zero-order valence-corrected chi connectivity index (χ0v) is 25.2. The van der Waals surface area contributed by atoms with Gasteiger partial charge in [-0.15, -0.1) is 0 Å². The molecule has 0 aliphatic carbocycles. The van der Waals surface area contributed by atoms with Crippen molar-refractivity contribution < 1.29 is 28.9 Å². The van der Waals surface area contributed by atoms with E-state index in [-0.39, 0.29) is 11.3 Å². The van der Waals surface area contributed by atoms with Crippen LogP contribution < -0.4 is 19.1 Å². The highest BCUT2D eigenvalue weighted by Gasteiger charge is 2.48. The SMILES string of the molecule is CCOc1ccc(/C(O)=C2\C(=O)C(=O)N(c3nc4ccc(C)cc4s3)C2c2ccc(OCCC(C)C)c(OC)c2)cc1. The molecule has 1 aliphatic rings. The second-order valence-electron chi connectivity index (χ2n) is 10.5. The molecule has 1 atom stereocenters. The van der Waals surface area contributed by atoms with Crippen molar-refractivity contribution in [3.05, 3.63) is 82.9 Å². The largest absolute Gasteiger partial charge is 0.507 e. The van der Waals surface area contributed by atoms with Gasteiger partial charge in [0.1, 0.15) is 11.5 Å². The van der Waals surface area contributed by atoms with E-state index in [0.29, 0.717) is 52.6 Å². The second kappa shape index (κ2) is 12.2. The number of anilines is 1. The molecule has 1 N–H and O–H groups in total. The van der Waals surface area contributed by atoms with Crippen molar-refractivity contribution >= 4 is 44.1 Å². The lowest BCUT2D eigenvalue weighted by Gasteiger charge is -2.24. The summed E-state index contributed by atoms with van der Waals surface area (Å²) in [7, 11) is 1.54. The number of hydrogen-bond acceptors (Lipinski definition) is 8. The van der Waals surface area contributed by atoms with Crippen molar-refractivity contribution in [2.75, 3.05) is 25.2 Å². The number of carbonyl (C=O) groups excluding carboxylic acids is 2. The van der Waals surface area contributed by atoms with Crippen LogP contribution >= 0.6 is 11.3 Å². The zero-order valence-electron chi connectivity index (χ0n) is 24.3. The van der Waals surface area contributed by atoms with Gasteiger partial charge < -0.3 is 19.3 Å². The molecule has 0 spiro atoms. The topological polar surface area (TPSA) is 98.2 Å². The number of thiazole rings is 1. The fourth-order valence-electron chi connectivity index (χ4n) is 4.88. The van der Waals surface area contributed by atoms with Crippen LogP contribution in [0.2, 0.25) is 0 Å². The predicted molar refractivity (Wildman–Crippen MR) is 165 cm³/mol. The Bertz CT molecular complexity index is 1660. The molecule has 8 nitrogen and oxygen atoms in total. The summed E-state index contributed by atoms with van der Waals surface area (Å²) in [6.45, 7) is 9.14. The van der Waals surface area contributed by atoms with Crippen molar-refractivity contribution in [1.29, 1.82) is 0 Å². The van der Waals surface area contributed by atoms with Crippen molar-refractivity contribution in [1.82, 2.24) is 4.98 Å². The number of amides is 1. The number of ether oxygens (including phenoxy) is 3. The lowest BCUT2D eigenvalue weighted by molar-refractivity contribution is -0.132. The zero-order chi connectivity index (χ0) is 30.0. The van der Waals surface area contributed by atoms with E-state index >= 15 is 0 Å². The number of aromatic nitrogens is 1. The van der Waals surface area contributed by atoms with Gasteiger partial charge in [0.15, 0.2) is 16.6 Å². The number of benzene rings is 3. The Morgan fingerprint density at radius 3 is 2.48 bits per heavy atom. The van der Waals surface area contributed by atoms with Crippen LogP contribution in [0.15, 0.2) is 66.2 Å². The van der Waals surface area contributed by atoms with E-state index in [0.717, 1.165) is 22.2 Å². The van der Waals surface area contributed by atoms with E-state index in [1.165, 1.54) is 16.2 Å². The number of rotatable bonds is 10. The second-order valence-corrected chi connectivity index (χ2v) is 11.5. The van der Waals surface area contributed by atoms with E-state index in [4.69, 9.17) is 19.2 Å². The number of aryl methyl sites for hydroxylation is 1. The fraction of sp³-hybridized carbons (Fsp3) is 0.303. The first-order chi connectivity index (χ1) is 20.2. The molecule has 0 bridgehead atoms. The van der Waals surface area contributed by atoms with Gasteiger partial charge in [-0.25, -0.2) is 4.98 Å². The van der Waals surface area contributed by atoms with Gasteiger partial charge >= 0.3 is 5.91 Å². The van der Waals surface area contributed by atoms with Crippen molar-refractivity contribution in [3.63, 3.8) is 0 Å². The van der Waals surface area contributed by atoms with Crippen molar-refractivity contribution in [3.8, 4) is 17.2 Å². The number of Topliss-reactive ketones (excluding diaryl/α,β-unsaturated/α-hetero) is 1. The van der Waals surface area contributed by atoms with Gasteiger partial charge in [0, 0.05) is 5.56 Å². The molecule has 0 radical (unpaired) electrons. The van der Waals surface area contributed by atoms with Gasteiger partial charge in [0.25, 0.3) is 5.78 Å². The third-order valence-corrected chi connectivity index (χ3v) is 8.10. The number of methoxy groups -OCH3 is 1. The summed E-state index contributed by atoms with van der Waals surface area (Å²) in [5.74, 6) is 0.294. The first-order valence-corrected chi connectivity index (χ1v) is 14.8. The van der Waals surface area contributed by atoms with Crippen LogP contribution in [-0.4, -0.2) is 42.1 Å². The molecule has 2 heterocycles. The number of fused-ring (bicyclic) bond motifs is 1. The maximum absolute atomic E-state index is 13.7. The Labute approximate surface area is 249 Å². The molecule has 1 unspecified atom stereocenters. The highest BCUT2D eigenvalue weighted by Crippen LogP contribution is 2.46. The molecule has 0 saturated carbocycles. The average Bonchev–Trinajstić information content (AvgIpc) is 3.50. The van der Waals surface area contributed by atoms with E-state index < -0.39 is 17.7 Å². The molecule has 218 valence electrons. The quantitative estimate of drug-likeness (QED) is 0.121. The van der Waals surface area contributed by atoms with Crippen LogP contribution in [-0.2, 0) is 9.59 Å². The monoisotopic (exact) mass is 586 g/mol. The van der Waals surface area contributed by atoms with Crippen LogP contribution in [0.4, 0.5) is 5.13 Å². The lowest BCUT2D eigenvalue weighted by Crippen LogP contribution is -2.29.